The van der Waals surface area contributed by atoms with Crippen molar-refractivity contribution in [3.05, 3.63) is 70.5 Å². The van der Waals surface area contributed by atoms with E-state index in [9.17, 15) is 9.59 Å². The van der Waals surface area contributed by atoms with Gasteiger partial charge in [-0.05, 0) is 55.7 Å². The molecule has 0 saturated carbocycles. The van der Waals surface area contributed by atoms with Crippen LogP contribution in [0.1, 0.15) is 23.7 Å². The first-order valence-electron chi connectivity index (χ1n) is 9.80. The van der Waals surface area contributed by atoms with Crippen molar-refractivity contribution in [2.24, 2.45) is 0 Å². The molecule has 0 fully saturated rings. The Morgan fingerprint density at radius 2 is 2.03 bits per heavy atom. The molecule has 0 radical (unpaired) electrons. The number of ether oxygens (including phenoxy) is 1. The van der Waals surface area contributed by atoms with Crippen LogP contribution in [0.4, 0.5) is 10.5 Å². The number of carbonyl (C=O) groups is 2. The monoisotopic (exact) mass is 423 g/mol. The van der Waals surface area contributed by atoms with E-state index >= 15 is 0 Å². The zero-order chi connectivity index (χ0) is 21.3. The number of carbonyl (C=O) groups excluding carboxylic acids is 2. The molecule has 0 bridgehead atoms. The van der Waals surface area contributed by atoms with E-state index in [1.54, 1.807) is 31.3 Å². The number of nitrogens with zero attached hydrogens (tertiary/aromatic N) is 1. The summed E-state index contributed by atoms with van der Waals surface area (Å²) in [4.78, 5) is 30.6. The van der Waals surface area contributed by atoms with Gasteiger partial charge in [0.1, 0.15) is 0 Å². The standard InChI is InChI=1S/C23H22ClN3O3/c1-3-30-22(28)18-13-27(23(29)26-19-9-8-15(24)12-14(19)2)11-10-17-16-6-4-5-7-20(16)25-21(17)18/h4-9,12-13,25H,3,10-11H2,1-2H3,(H,26,29). The van der Waals surface area contributed by atoms with Crippen molar-refractivity contribution in [2.75, 3.05) is 18.5 Å². The van der Waals surface area contributed by atoms with Gasteiger partial charge in [-0.1, -0.05) is 29.8 Å². The first-order chi connectivity index (χ1) is 14.5. The van der Waals surface area contributed by atoms with Crippen LogP contribution in [0, 0.1) is 6.92 Å². The summed E-state index contributed by atoms with van der Waals surface area (Å²) in [6, 6.07) is 12.8. The molecule has 4 rings (SSSR count). The Labute approximate surface area is 179 Å². The van der Waals surface area contributed by atoms with Gasteiger partial charge in [0.25, 0.3) is 0 Å². The van der Waals surface area contributed by atoms with Gasteiger partial charge in [-0.3, -0.25) is 4.90 Å². The van der Waals surface area contributed by atoms with Crippen molar-refractivity contribution in [1.82, 2.24) is 9.88 Å². The molecule has 7 heteroatoms. The summed E-state index contributed by atoms with van der Waals surface area (Å²) in [6.07, 6.45) is 2.17. The van der Waals surface area contributed by atoms with Crippen LogP contribution in [0.2, 0.25) is 5.02 Å². The lowest BCUT2D eigenvalue weighted by atomic mass is 10.0. The average Bonchev–Trinajstić information content (AvgIpc) is 2.97. The summed E-state index contributed by atoms with van der Waals surface area (Å²) in [5.74, 6) is -0.465. The molecular weight excluding hydrogens is 402 g/mol. The van der Waals surface area contributed by atoms with E-state index in [4.69, 9.17) is 16.3 Å². The highest BCUT2D eigenvalue weighted by Crippen LogP contribution is 2.31. The number of halogens is 1. The van der Waals surface area contributed by atoms with Crippen LogP contribution in [0.3, 0.4) is 0 Å². The van der Waals surface area contributed by atoms with E-state index in [1.165, 1.54) is 4.90 Å². The zero-order valence-electron chi connectivity index (χ0n) is 16.8. The second-order valence-corrected chi connectivity index (χ2v) is 7.56. The predicted octanol–water partition coefficient (Wildman–Crippen LogP) is 5.12. The number of aryl methyl sites for hydroxylation is 1. The van der Waals surface area contributed by atoms with Gasteiger partial charge in [0, 0.05) is 34.4 Å². The van der Waals surface area contributed by atoms with Gasteiger partial charge in [-0.15, -0.1) is 0 Å². The molecule has 2 N–H and O–H groups in total. The number of fused-ring (bicyclic) bond motifs is 3. The molecule has 6 nitrogen and oxygen atoms in total. The molecule has 0 atom stereocenters. The Morgan fingerprint density at radius 1 is 1.23 bits per heavy atom. The maximum atomic E-state index is 13.0. The first kappa shape index (κ1) is 20.0. The quantitative estimate of drug-likeness (QED) is 0.574. The normalized spacial score (nSPS) is 13.4. The number of benzene rings is 2. The van der Waals surface area contributed by atoms with Crippen LogP contribution >= 0.6 is 11.6 Å². The van der Waals surface area contributed by atoms with E-state index < -0.39 is 5.97 Å². The number of urea groups is 1. The summed E-state index contributed by atoms with van der Waals surface area (Å²) in [6.45, 7) is 4.31. The van der Waals surface area contributed by atoms with Gasteiger partial charge in [-0.2, -0.15) is 0 Å². The fourth-order valence-electron chi connectivity index (χ4n) is 3.68. The van der Waals surface area contributed by atoms with Crippen LogP contribution in [-0.2, 0) is 16.0 Å². The fraction of sp³-hybridized carbons (Fsp3) is 0.217. The van der Waals surface area contributed by atoms with Crippen LogP contribution in [-0.4, -0.2) is 35.0 Å². The lowest BCUT2D eigenvalue weighted by molar-refractivity contribution is -0.136. The molecule has 2 heterocycles. The molecule has 1 aliphatic rings. The number of hydrogen-bond donors (Lipinski definition) is 2. The molecule has 1 aliphatic heterocycles. The second kappa shape index (κ2) is 8.24. The van der Waals surface area contributed by atoms with Crippen molar-refractivity contribution >= 4 is 45.8 Å². The topological polar surface area (TPSA) is 74.4 Å². The number of esters is 1. The molecule has 0 spiro atoms. The van der Waals surface area contributed by atoms with E-state index in [1.807, 2.05) is 31.2 Å². The maximum absolute atomic E-state index is 13.0. The number of amides is 2. The molecule has 154 valence electrons. The van der Waals surface area contributed by atoms with Crippen molar-refractivity contribution in [1.29, 1.82) is 0 Å². The molecular formula is C23H22ClN3O3. The SMILES string of the molecule is CCOC(=O)C1=CN(C(=O)Nc2ccc(Cl)cc2C)CCc2c1[nH]c1ccccc21. The first-order valence-corrected chi connectivity index (χ1v) is 10.2. The Morgan fingerprint density at radius 3 is 2.80 bits per heavy atom. The number of anilines is 1. The minimum Gasteiger partial charge on any atom is -0.462 e. The number of nitrogens with one attached hydrogen (secondary N) is 2. The highest BCUT2D eigenvalue weighted by atomic mass is 35.5. The molecule has 0 unspecified atom stereocenters. The smallest absolute Gasteiger partial charge is 0.341 e. The predicted molar refractivity (Wildman–Crippen MR) is 119 cm³/mol. The molecule has 1 aromatic heterocycles. The van der Waals surface area contributed by atoms with E-state index in [0.29, 0.717) is 34.9 Å². The average molecular weight is 424 g/mol. The van der Waals surface area contributed by atoms with Gasteiger partial charge in [0.05, 0.1) is 17.9 Å². The van der Waals surface area contributed by atoms with Gasteiger partial charge in [-0.25, -0.2) is 9.59 Å². The van der Waals surface area contributed by atoms with Gasteiger partial charge >= 0.3 is 12.0 Å². The van der Waals surface area contributed by atoms with Gasteiger partial charge < -0.3 is 15.0 Å². The summed E-state index contributed by atoms with van der Waals surface area (Å²) in [5, 5.41) is 4.55. The minimum absolute atomic E-state index is 0.252. The van der Waals surface area contributed by atoms with E-state index in [0.717, 1.165) is 22.0 Å². The van der Waals surface area contributed by atoms with Crippen molar-refractivity contribution in [3.63, 3.8) is 0 Å². The van der Waals surface area contributed by atoms with Crippen molar-refractivity contribution < 1.29 is 14.3 Å². The third kappa shape index (κ3) is 3.78. The Kier molecular flexibility index (Phi) is 5.50. The number of H-pyrrole nitrogens is 1. The third-order valence-corrected chi connectivity index (χ3v) is 5.39. The Hall–Kier alpha value is -3.25. The fourth-order valence-corrected chi connectivity index (χ4v) is 3.91. The summed E-state index contributed by atoms with van der Waals surface area (Å²) >= 11 is 6.01. The Balaban J connectivity index is 1.70. The number of aromatic nitrogens is 1. The number of rotatable bonds is 3. The van der Waals surface area contributed by atoms with Crippen LogP contribution in [0.25, 0.3) is 16.5 Å². The van der Waals surface area contributed by atoms with Crippen LogP contribution < -0.4 is 5.32 Å². The van der Waals surface area contributed by atoms with E-state index in [2.05, 4.69) is 10.3 Å². The number of para-hydroxylation sites is 1. The number of hydrogen-bond acceptors (Lipinski definition) is 3. The molecule has 0 aliphatic carbocycles. The second-order valence-electron chi connectivity index (χ2n) is 7.12. The molecule has 30 heavy (non-hydrogen) atoms. The summed E-state index contributed by atoms with van der Waals surface area (Å²) in [5.41, 5.74) is 4.52. The molecule has 0 saturated heterocycles. The van der Waals surface area contributed by atoms with E-state index in [-0.39, 0.29) is 12.6 Å². The van der Waals surface area contributed by atoms with Crippen LogP contribution in [0.15, 0.2) is 48.7 Å². The largest absolute Gasteiger partial charge is 0.462 e. The molecule has 2 aromatic carbocycles. The highest BCUT2D eigenvalue weighted by molar-refractivity contribution is 6.30. The van der Waals surface area contributed by atoms with Crippen molar-refractivity contribution in [3.8, 4) is 0 Å². The lowest BCUT2D eigenvalue weighted by Crippen LogP contribution is -2.32. The van der Waals surface area contributed by atoms with Crippen LogP contribution in [0.5, 0.6) is 0 Å². The van der Waals surface area contributed by atoms with Gasteiger partial charge in [0.15, 0.2) is 0 Å². The summed E-state index contributed by atoms with van der Waals surface area (Å²) in [7, 11) is 0. The summed E-state index contributed by atoms with van der Waals surface area (Å²) < 4.78 is 5.27. The number of aromatic amines is 1. The highest BCUT2D eigenvalue weighted by Gasteiger charge is 2.27. The third-order valence-electron chi connectivity index (χ3n) is 5.16. The van der Waals surface area contributed by atoms with Gasteiger partial charge in [0.2, 0.25) is 0 Å². The maximum Gasteiger partial charge on any atom is 0.341 e. The Bertz CT molecular complexity index is 1170. The molecule has 2 amide bonds. The lowest BCUT2D eigenvalue weighted by Gasteiger charge is -2.19. The van der Waals surface area contributed by atoms with Crippen molar-refractivity contribution in [2.45, 2.75) is 20.3 Å². The molecule has 3 aromatic rings. The zero-order valence-corrected chi connectivity index (χ0v) is 17.5. The minimum atomic E-state index is -0.465.